The highest BCUT2D eigenvalue weighted by Crippen LogP contribution is 2.46. The van der Waals surface area contributed by atoms with Crippen molar-refractivity contribution in [3.63, 3.8) is 0 Å². The number of nitrogens with one attached hydrogen (secondary N) is 3. The zero-order valence-electron chi connectivity index (χ0n) is 46.0. The van der Waals surface area contributed by atoms with Crippen LogP contribution in [0.15, 0.2) is 117 Å². The van der Waals surface area contributed by atoms with E-state index in [4.69, 9.17) is 16.3 Å². The minimum Gasteiger partial charge on any atom is -0.380 e. The second-order valence-electron chi connectivity index (χ2n) is 23.0. The summed E-state index contributed by atoms with van der Waals surface area (Å²) in [5, 5.41) is 6.27. The lowest BCUT2D eigenvalue weighted by molar-refractivity contribution is -0.142. The second kappa shape index (κ2) is 25.7. The fourth-order valence-electron chi connectivity index (χ4n) is 12.7. The number of halogens is 4. The van der Waals surface area contributed by atoms with Crippen molar-refractivity contribution in [3.05, 3.63) is 119 Å². The minimum atomic E-state index is -6.09. The molecular formula is C59H72ClF3N8O8S3. The van der Waals surface area contributed by atoms with Gasteiger partial charge < -0.3 is 19.9 Å². The summed E-state index contributed by atoms with van der Waals surface area (Å²) in [5.74, 6) is -1.03. The van der Waals surface area contributed by atoms with Gasteiger partial charge in [-0.25, -0.2) is 21.6 Å². The molecule has 7 aliphatic rings. The number of sulfone groups is 1. The number of nitrogens with zero attached hydrogens (tertiary/aromatic N) is 5. The van der Waals surface area contributed by atoms with Crippen molar-refractivity contribution in [2.75, 3.05) is 101 Å². The zero-order valence-corrected chi connectivity index (χ0v) is 49.3. The predicted molar refractivity (Wildman–Crippen MR) is 312 cm³/mol. The van der Waals surface area contributed by atoms with Gasteiger partial charge in [-0.2, -0.15) is 13.2 Å². The van der Waals surface area contributed by atoms with E-state index in [1.165, 1.54) is 40.6 Å². The van der Waals surface area contributed by atoms with E-state index in [-0.39, 0.29) is 34.9 Å². The van der Waals surface area contributed by atoms with Gasteiger partial charge in [-0.3, -0.25) is 34.4 Å². The van der Waals surface area contributed by atoms with Crippen molar-refractivity contribution in [3.8, 4) is 0 Å². The molecule has 0 radical (unpaired) electrons. The van der Waals surface area contributed by atoms with Gasteiger partial charge in [0.25, 0.3) is 25.8 Å². The number of carbonyl (C=O) groups excluding carboxylic acids is 3. The van der Waals surface area contributed by atoms with E-state index in [0.717, 1.165) is 107 Å². The first kappa shape index (κ1) is 60.1. The Morgan fingerprint density at radius 1 is 0.854 bits per heavy atom. The molecule has 23 heteroatoms. The number of ether oxygens (including phenoxy) is 1. The van der Waals surface area contributed by atoms with Gasteiger partial charge in [0.1, 0.15) is 4.90 Å². The molecule has 2 bridgehead atoms. The van der Waals surface area contributed by atoms with Gasteiger partial charge in [-0.1, -0.05) is 54.4 Å². The van der Waals surface area contributed by atoms with Crippen LogP contribution in [0.2, 0.25) is 5.02 Å². The molecule has 442 valence electrons. The molecule has 2 unspecified atom stereocenters. The van der Waals surface area contributed by atoms with E-state index >= 15 is 0 Å². The number of anilines is 2. The first-order chi connectivity index (χ1) is 39.2. The van der Waals surface area contributed by atoms with Crippen molar-refractivity contribution in [2.45, 2.75) is 109 Å². The first-order valence-corrected chi connectivity index (χ1v) is 32.7. The molecule has 3 amide bonds. The highest BCUT2D eigenvalue weighted by Gasteiger charge is 2.49. The molecule has 6 aliphatic heterocycles. The fraction of sp³-hybridized carbons (Fsp3) is 0.508. The lowest BCUT2D eigenvalue weighted by Crippen LogP contribution is -2.68. The Kier molecular flexibility index (Phi) is 18.8. The molecule has 4 aromatic rings. The van der Waals surface area contributed by atoms with Crippen LogP contribution in [0.5, 0.6) is 0 Å². The van der Waals surface area contributed by atoms with E-state index in [1.807, 2.05) is 47.2 Å². The number of benzene rings is 4. The van der Waals surface area contributed by atoms with Crippen molar-refractivity contribution in [1.29, 1.82) is 0 Å². The lowest BCUT2D eigenvalue weighted by Gasteiger charge is -2.56. The van der Waals surface area contributed by atoms with Crippen molar-refractivity contribution >= 4 is 77.9 Å². The molecule has 16 nitrogen and oxygen atoms in total. The summed E-state index contributed by atoms with van der Waals surface area (Å²) < 4.78 is 105. The molecule has 3 N–H and O–H groups in total. The van der Waals surface area contributed by atoms with Crippen molar-refractivity contribution < 1.29 is 49.1 Å². The molecule has 4 aromatic carbocycles. The highest BCUT2D eigenvalue weighted by molar-refractivity contribution is 7.99. The Balaban J connectivity index is 0.776. The number of rotatable bonds is 19. The third kappa shape index (κ3) is 14.4. The molecule has 6 heterocycles. The molecule has 0 saturated carbocycles. The zero-order chi connectivity index (χ0) is 57.8. The van der Waals surface area contributed by atoms with E-state index in [1.54, 1.807) is 12.1 Å². The molecule has 11 rings (SSSR count). The third-order valence-corrected chi connectivity index (χ3v) is 21.4. The van der Waals surface area contributed by atoms with E-state index < -0.39 is 52.8 Å². The Morgan fingerprint density at radius 2 is 1.60 bits per heavy atom. The third-order valence-electron chi connectivity index (χ3n) is 17.1. The summed E-state index contributed by atoms with van der Waals surface area (Å²) in [5.41, 5.74) is -1.37. The van der Waals surface area contributed by atoms with Crippen LogP contribution < -0.4 is 20.3 Å². The number of alkyl halides is 3. The van der Waals surface area contributed by atoms with Gasteiger partial charge >= 0.3 is 5.51 Å². The molecule has 0 aromatic heterocycles. The molecule has 0 spiro atoms. The van der Waals surface area contributed by atoms with Gasteiger partial charge in [0.2, 0.25) is 11.8 Å². The maximum Gasteiger partial charge on any atom is 0.501 e. The van der Waals surface area contributed by atoms with E-state index in [9.17, 15) is 44.4 Å². The minimum absolute atomic E-state index is 0.0202. The Bertz CT molecular complexity index is 3200. The van der Waals surface area contributed by atoms with Gasteiger partial charge in [0, 0.05) is 130 Å². The summed E-state index contributed by atoms with van der Waals surface area (Å²) in [6, 6.07) is 26.2. The largest absolute Gasteiger partial charge is 0.501 e. The Hall–Kier alpha value is -5.04. The number of carbonyl (C=O) groups is 3. The molecule has 1 aliphatic carbocycles. The average Bonchev–Trinajstić information content (AvgIpc) is 3.76. The monoisotopic (exact) mass is 1210 g/mol. The predicted octanol–water partition coefficient (Wildman–Crippen LogP) is 8.16. The number of imide groups is 1. The number of amides is 3. The maximum absolute atomic E-state index is 14.4. The van der Waals surface area contributed by atoms with Crippen LogP contribution >= 0.6 is 23.4 Å². The number of piperidine rings is 3. The number of hydrogen-bond donors (Lipinski definition) is 3. The van der Waals surface area contributed by atoms with Crippen molar-refractivity contribution in [2.24, 2.45) is 5.41 Å². The summed E-state index contributed by atoms with van der Waals surface area (Å²) in [7, 11) is -11.0. The Morgan fingerprint density at radius 3 is 2.30 bits per heavy atom. The van der Waals surface area contributed by atoms with E-state index in [0.29, 0.717) is 81.5 Å². The summed E-state index contributed by atoms with van der Waals surface area (Å²) in [6.07, 6.45) is 7.28. The average molecular weight is 1210 g/mol. The van der Waals surface area contributed by atoms with E-state index in [2.05, 4.69) is 54.2 Å². The SMILES string of the molecule is C[C@@]1(CN2C[C@H]3CCC2CN3C2CCC(=O)NC2=O)CCC(c2ccc(Cl)cc2)=C(CN2CCN(c3ccc(C(=O)NS(=O)(=O)c4ccc(N[C@H](CCN5CCCOCC5)CSc5ccccc5)c(S(=O)(=O)C(F)(F)F)c4)cc3)CC2)C1. The van der Waals surface area contributed by atoms with Crippen LogP contribution in [0.4, 0.5) is 24.5 Å². The quantitative estimate of drug-likeness (QED) is 0.0604. The maximum atomic E-state index is 14.4. The van der Waals surface area contributed by atoms with Gasteiger partial charge in [-0.15, -0.1) is 11.8 Å². The highest BCUT2D eigenvalue weighted by atomic mass is 35.5. The Labute approximate surface area is 488 Å². The van der Waals surface area contributed by atoms with Gasteiger partial charge in [0.05, 0.1) is 23.2 Å². The van der Waals surface area contributed by atoms with Crippen LogP contribution in [0.3, 0.4) is 0 Å². The first-order valence-electron chi connectivity index (χ1n) is 28.3. The fourth-order valence-corrected chi connectivity index (χ4v) is 15.9. The van der Waals surface area contributed by atoms with Crippen LogP contribution in [0, 0.1) is 5.41 Å². The number of piperazine rings is 2. The second-order valence-corrected chi connectivity index (χ2v) is 28.1. The number of hydrogen-bond acceptors (Lipinski definition) is 15. The van der Waals surface area contributed by atoms with Crippen LogP contribution in [0.25, 0.3) is 5.57 Å². The smallest absolute Gasteiger partial charge is 0.380 e. The molecule has 82 heavy (non-hydrogen) atoms. The lowest BCUT2D eigenvalue weighted by atomic mass is 9.70. The van der Waals surface area contributed by atoms with Gasteiger partial charge in [-0.05, 0) is 135 Å². The number of thioether (sulfide) groups is 1. The number of sulfonamides is 1. The van der Waals surface area contributed by atoms with Crippen LogP contribution in [-0.4, -0.2) is 175 Å². The summed E-state index contributed by atoms with van der Waals surface area (Å²) >= 11 is 7.81. The topological polar surface area (TPSA) is 181 Å². The van der Waals surface area contributed by atoms with Crippen molar-refractivity contribution in [1.82, 2.24) is 29.6 Å². The summed E-state index contributed by atoms with van der Waals surface area (Å²) in [4.78, 5) is 49.1. The standard InChI is InChI=1S/C59H72ClF3N8O8S3/c1-58(40-70-37-48-17-16-47(70)38-71(48)53-20-21-55(72)65-57(53)74)24-22-51(41-8-12-44(60)13-9-41)43(35-58)36-68-27-29-69(30-28-68)46-14-10-42(11-15-46)56(73)66-82(77,78)50-18-19-52(54(34-50)81(75,76)59(61,62)63)64-45(39-80-49-6-3-2-4-7-49)23-26-67-25-5-32-79-33-31-67/h2-4,6-15,18-19,34,45,47-48,53,64H,5,16-17,20-33,35-40H2,1H3,(H,66,73)(H,65,72,74)/t45-,47?,48-,53?,58-/m1/s1. The molecule has 6 saturated heterocycles. The molecular weight excluding hydrogens is 1140 g/mol. The van der Waals surface area contributed by atoms with Gasteiger partial charge in [0.15, 0.2) is 0 Å². The van der Waals surface area contributed by atoms with Crippen LogP contribution in [-0.2, 0) is 34.2 Å². The van der Waals surface area contributed by atoms with Crippen LogP contribution in [0.1, 0.15) is 80.6 Å². The molecule has 5 atom stereocenters. The summed E-state index contributed by atoms with van der Waals surface area (Å²) in [6.45, 7) is 12.0. The number of allylic oxidation sites excluding steroid dienone is 1. The normalized spacial score (nSPS) is 24.3. The number of fused-ring (bicyclic) bond motifs is 3. The molecule has 6 fully saturated rings.